The largest absolute Gasteiger partial charge is 0.325 e. The van der Waals surface area contributed by atoms with E-state index in [0.29, 0.717) is 10.5 Å². The lowest BCUT2D eigenvalue weighted by atomic mass is 10.0. The minimum absolute atomic E-state index is 0.610. The molecule has 24 heavy (non-hydrogen) atoms. The molecule has 3 heterocycles. The molecule has 0 aliphatic carbocycles. The van der Waals surface area contributed by atoms with E-state index in [1.54, 1.807) is 0 Å². The maximum Gasteiger partial charge on any atom is 0.258 e. The van der Waals surface area contributed by atoms with E-state index in [4.69, 9.17) is 4.98 Å². The van der Waals surface area contributed by atoms with Gasteiger partial charge in [0.25, 0.3) is 5.78 Å². The molecule has 0 atom stereocenters. The molecule has 6 heteroatoms. The van der Waals surface area contributed by atoms with Crippen LogP contribution in [0.3, 0.4) is 0 Å². The van der Waals surface area contributed by atoms with Gasteiger partial charge in [-0.3, -0.25) is 4.40 Å². The molecule has 5 rings (SSSR count). The third-order valence-corrected chi connectivity index (χ3v) is 5.08. The number of para-hydroxylation sites is 2. The monoisotopic (exact) mass is 379 g/mol. The van der Waals surface area contributed by atoms with Crippen molar-refractivity contribution in [1.82, 2.24) is 19.6 Å². The zero-order valence-corrected chi connectivity index (χ0v) is 14.4. The van der Waals surface area contributed by atoms with Gasteiger partial charge < -0.3 is 4.90 Å². The van der Waals surface area contributed by atoms with Crippen LogP contribution in [0.25, 0.3) is 16.7 Å². The number of rotatable bonds is 1. The van der Waals surface area contributed by atoms with Crippen molar-refractivity contribution in [3.8, 4) is 0 Å². The quantitative estimate of drug-likeness (QED) is 0.498. The molecule has 2 aromatic heterocycles. The Kier molecular flexibility index (Phi) is 3.06. The third-order valence-electron chi connectivity index (χ3n) is 4.56. The van der Waals surface area contributed by atoms with Crippen molar-refractivity contribution in [2.24, 2.45) is 0 Å². The van der Waals surface area contributed by atoms with Crippen LogP contribution in [0, 0.1) is 0 Å². The summed E-state index contributed by atoms with van der Waals surface area (Å²) in [6, 6.07) is 16.8. The lowest BCUT2D eigenvalue weighted by molar-refractivity contribution is 0.761. The molecule has 0 spiro atoms. The number of aryl methyl sites for hydroxylation is 1. The van der Waals surface area contributed by atoms with Crippen LogP contribution in [0.15, 0.2) is 53.3 Å². The summed E-state index contributed by atoms with van der Waals surface area (Å²) in [5, 5.41) is 9.43. The van der Waals surface area contributed by atoms with E-state index < -0.39 is 0 Å². The Morgan fingerprint density at radius 1 is 0.958 bits per heavy atom. The maximum absolute atomic E-state index is 4.83. The molecule has 0 fully saturated rings. The summed E-state index contributed by atoms with van der Waals surface area (Å²) in [7, 11) is 0. The second kappa shape index (κ2) is 5.27. The highest BCUT2D eigenvalue weighted by molar-refractivity contribution is 9.10. The first-order valence-electron chi connectivity index (χ1n) is 7.98. The van der Waals surface area contributed by atoms with E-state index in [1.807, 2.05) is 16.5 Å². The third kappa shape index (κ3) is 1.96. The molecule has 0 radical (unpaired) electrons. The molecule has 0 saturated carbocycles. The molecule has 0 N–H and O–H groups in total. The van der Waals surface area contributed by atoms with Crippen LogP contribution in [0.1, 0.15) is 12.0 Å². The summed E-state index contributed by atoms with van der Waals surface area (Å²) in [5.41, 5.74) is 3.67. The van der Waals surface area contributed by atoms with E-state index in [-0.39, 0.29) is 0 Å². The Bertz CT molecular complexity index is 1070. The van der Waals surface area contributed by atoms with Gasteiger partial charge in [0.1, 0.15) is 5.82 Å². The van der Waals surface area contributed by atoms with Crippen LogP contribution in [0.5, 0.6) is 0 Å². The van der Waals surface area contributed by atoms with Crippen molar-refractivity contribution in [1.29, 1.82) is 0 Å². The van der Waals surface area contributed by atoms with Gasteiger partial charge in [0, 0.05) is 17.6 Å². The van der Waals surface area contributed by atoms with E-state index in [9.17, 15) is 0 Å². The molecule has 0 saturated heterocycles. The lowest BCUT2D eigenvalue weighted by Gasteiger charge is -2.31. The summed E-state index contributed by atoms with van der Waals surface area (Å²) in [6.45, 7) is 0.958. The van der Waals surface area contributed by atoms with Crippen LogP contribution < -0.4 is 4.90 Å². The van der Waals surface area contributed by atoms with Crippen LogP contribution in [-0.2, 0) is 6.42 Å². The SMILES string of the molecule is Brc1nnc2nc(N3CCCc4ccccc43)c3ccccc3n12. The summed E-state index contributed by atoms with van der Waals surface area (Å²) in [5.74, 6) is 1.56. The highest BCUT2D eigenvalue weighted by Gasteiger charge is 2.22. The van der Waals surface area contributed by atoms with Crippen molar-refractivity contribution < 1.29 is 0 Å². The van der Waals surface area contributed by atoms with Crippen molar-refractivity contribution in [3.63, 3.8) is 0 Å². The lowest BCUT2D eigenvalue weighted by Crippen LogP contribution is -2.25. The van der Waals surface area contributed by atoms with Crippen LogP contribution in [0.4, 0.5) is 11.5 Å². The Hall–Kier alpha value is -2.47. The molecule has 0 bridgehead atoms. The van der Waals surface area contributed by atoms with Crippen LogP contribution >= 0.6 is 15.9 Å². The minimum Gasteiger partial charge on any atom is -0.325 e. The molecule has 1 aliphatic heterocycles. The number of hydrogen-bond acceptors (Lipinski definition) is 4. The molecule has 118 valence electrons. The topological polar surface area (TPSA) is 46.3 Å². The molecule has 4 aromatic rings. The highest BCUT2D eigenvalue weighted by Crippen LogP contribution is 2.36. The average molecular weight is 380 g/mol. The van der Waals surface area contributed by atoms with E-state index in [0.717, 1.165) is 36.1 Å². The molecule has 0 amide bonds. The van der Waals surface area contributed by atoms with Crippen molar-refractivity contribution >= 4 is 44.1 Å². The molecular weight excluding hydrogens is 366 g/mol. The summed E-state index contributed by atoms with van der Waals surface area (Å²) >= 11 is 3.47. The van der Waals surface area contributed by atoms with E-state index in [2.05, 4.69) is 67.4 Å². The predicted octanol–water partition coefficient (Wildman–Crippen LogP) is 4.12. The fourth-order valence-corrected chi connectivity index (χ4v) is 3.94. The van der Waals surface area contributed by atoms with Gasteiger partial charge in [0.05, 0.1) is 5.52 Å². The normalized spacial score (nSPS) is 14.3. The van der Waals surface area contributed by atoms with Gasteiger partial charge in [-0.25, -0.2) is 0 Å². The zero-order valence-electron chi connectivity index (χ0n) is 12.9. The van der Waals surface area contributed by atoms with Crippen molar-refractivity contribution in [3.05, 3.63) is 58.8 Å². The molecule has 0 unspecified atom stereocenters. The maximum atomic E-state index is 4.83. The first kappa shape index (κ1) is 13.9. The standard InChI is InChI=1S/C18H14BrN5/c19-17-21-22-18-20-16(13-8-2-4-10-15(13)24(17)18)23-11-5-7-12-6-1-3-9-14(12)23/h1-4,6,8-10H,5,7,11H2. The number of fused-ring (bicyclic) bond motifs is 4. The summed E-state index contributed by atoms with van der Waals surface area (Å²) in [4.78, 5) is 7.14. The van der Waals surface area contributed by atoms with Crippen molar-refractivity contribution in [2.75, 3.05) is 11.4 Å². The van der Waals surface area contributed by atoms with Gasteiger partial charge in [-0.15, -0.1) is 10.2 Å². The van der Waals surface area contributed by atoms with Gasteiger partial charge in [0.2, 0.25) is 4.73 Å². The Morgan fingerprint density at radius 2 is 1.79 bits per heavy atom. The minimum atomic E-state index is 0.610. The number of halogens is 1. The second-order valence-corrected chi connectivity index (χ2v) is 6.65. The number of anilines is 2. The molecule has 5 nitrogen and oxygen atoms in total. The molecule has 2 aromatic carbocycles. The fraction of sp³-hybridized carbons (Fsp3) is 0.167. The first-order valence-corrected chi connectivity index (χ1v) is 8.77. The van der Waals surface area contributed by atoms with Crippen LogP contribution in [0.2, 0.25) is 0 Å². The predicted molar refractivity (Wildman–Crippen MR) is 97.8 cm³/mol. The zero-order chi connectivity index (χ0) is 16.1. The smallest absolute Gasteiger partial charge is 0.258 e. The Balaban J connectivity index is 1.84. The van der Waals surface area contributed by atoms with Gasteiger partial charge in [-0.05, 0) is 52.5 Å². The summed E-state index contributed by atoms with van der Waals surface area (Å²) in [6.07, 6.45) is 2.23. The van der Waals surface area contributed by atoms with Gasteiger partial charge in [-0.2, -0.15) is 4.98 Å². The fourth-order valence-electron chi connectivity index (χ4n) is 3.51. The number of nitrogens with zero attached hydrogens (tertiary/aromatic N) is 5. The van der Waals surface area contributed by atoms with Crippen molar-refractivity contribution in [2.45, 2.75) is 12.8 Å². The number of benzene rings is 2. The molecular formula is C18H14BrN5. The highest BCUT2D eigenvalue weighted by atomic mass is 79.9. The number of hydrogen-bond donors (Lipinski definition) is 0. The van der Waals surface area contributed by atoms with Gasteiger partial charge in [-0.1, -0.05) is 30.3 Å². The summed E-state index contributed by atoms with van der Waals surface area (Å²) < 4.78 is 2.61. The second-order valence-electron chi connectivity index (χ2n) is 5.94. The van der Waals surface area contributed by atoms with Crippen LogP contribution in [-0.4, -0.2) is 26.1 Å². The number of aromatic nitrogens is 4. The molecule has 1 aliphatic rings. The Labute approximate surface area is 147 Å². The first-order chi connectivity index (χ1) is 11.8. The van der Waals surface area contributed by atoms with E-state index >= 15 is 0 Å². The van der Waals surface area contributed by atoms with Gasteiger partial charge in [0.15, 0.2) is 0 Å². The van der Waals surface area contributed by atoms with E-state index in [1.165, 1.54) is 11.3 Å². The average Bonchev–Trinajstić information content (AvgIpc) is 3.02. The Morgan fingerprint density at radius 3 is 2.75 bits per heavy atom. The van der Waals surface area contributed by atoms with Gasteiger partial charge >= 0.3 is 0 Å².